The molecule has 0 saturated carbocycles. The minimum atomic E-state index is -0.628. The fourth-order valence-electron chi connectivity index (χ4n) is 1.67. The van der Waals surface area contributed by atoms with E-state index in [4.69, 9.17) is 19.9 Å². The van der Waals surface area contributed by atoms with Crippen LogP contribution in [0.5, 0.6) is 5.75 Å². The fraction of sp³-hybridized carbons (Fsp3) is 0.533. The van der Waals surface area contributed by atoms with Crippen LogP contribution in [0.25, 0.3) is 0 Å². The van der Waals surface area contributed by atoms with Crippen LogP contribution in [0.2, 0.25) is 0 Å². The van der Waals surface area contributed by atoms with Gasteiger partial charge in [-0.1, -0.05) is 13.8 Å². The number of nitro benzene ring substituents is 1. The molecule has 1 aromatic rings. The normalized spacial score (nSPS) is 10.7. The predicted octanol–water partition coefficient (Wildman–Crippen LogP) is 2.52. The summed E-state index contributed by atoms with van der Waals surface area (Å²) in [7, 11) is 0. The van der Waals surface area contributed by atoms with E-state index in [-0.39, 0.29) is 42.7 Å². The van der Waals surface area contributed by atoms with Gasteiger partial charge in [0.15, 0.2) is 5.75 Å². The molecule has 24 heavy (non-hydrogen) atoms. The van der Waals surface area contributed by atoms with Crippen molar-refractivity contribution in [2.24, 2.45) is 11.7 Å². The number of hydrogen-bond donors (Lipinski definition) is 1. The summed E-state index contributed by atoms with van der Waals surface area (Å²) in [6.45, 7) is 5.18. The van der Waals surface area contributed by atoms with Crippen LogP contribution in [-0.2, 0) is 9.47 Å². The Hall–Kier alpha value is -1.71. The average Bonchev–Trinajstić information content (AvgIpc) is 2.52. The Balaban J connectivity index is 2.88. The maximum Gasteiger partial charge on any atom is 0.339 e. The van der Waals surface area contributed by atoms with Gasteiger partial charge in [-0.2, -0.15) is 0 Å². The third-order valence-electron chi connectivity index (χ3n) is 2.76. The topological polar surface area (TPSA) is 114 Å². The van der Waals surface area contributed by atoms with Crippen LogP contribution in [-0.4, -0.2) is 43.9 Å². The Morgan fingerprint density at radius 3 is 2.62 bits per heavy atom. The Kier molecular flexibility index (Phi) is 8.66. The molecule has 0 aromatic heterocycles. The first-order valence-corrected chi connectivity index (χ1v) is 8.21. The lowest BCUT2D eigenvalue weighted by Gasteiger charge is -2.11. The molecule has 8 nitrogen and oxygen atoms in total. The summed E-state index contributed by atoms with van der Waals surface area (Å²) >= 11 is 3.22. The van der Waals surface area contributed by atoms with E-state index in [9.17, 15) is 14.9 Å². The van der Waals surface area contributed by atoms with Crippen molar-refractivity contribution in [1.29, 1.82) is 0 Å². The minimum Gasteiger partial charge on any atom is -0.484 e. The Morgan fingerprint density at radius 1 is 1.33 bits per heavy atom. The number of halogens is 1. The van der Waals surface area contributed by atoms with E-state index in [0.717, 1.165) is 6.07 Å². The van der Waals surface area contributed by atoms with Crippen molar-refractivity contribution in [3.05, 3.63) is 32.3 Å². The van der Waals surface area contributed by atoms with Crippen LogP contribution in [0.4, 0.5) is 5.69 Å². The number of nitrogens with zero attached hydrogens (tertiary/aromatic N) is 1. The zero-order valence-electron chi connectivity index (χ0n) is 13.6. The summed E-state index contributed by atoms with van der Waals surface area (Å²) in [5.41, 5.74) is 5.05. The van der Waals surface area contributed by atoms with Crippen LogP contribution in [0, 0.1) is 16.0 Å². The number of benzene rings is 1. The highest BCUT2D eigenvalue weighted by Crippen LogP contribution is 2.33. The Labute approximate surface area is 148 Å². The first kappa shape index (κ1) is 20.3. The minimum absolute atomic E-state index is 0.0450. The SMILES string of the molecule is CC(C)COC(=O)c1cc([N+](=O)[O-])c(OCCOCCN)cc1Br. The average molecular weight is 405 g/mol. The Morgan fingerprint density at radius 2 is 2.04 bits per heavy atom. The lowest BCUT2D eigenvalue weighted by molar-refractivity contribution is -0.385. The van der Waals surface area contributed by atoms with E-state index in [2.05, 4.69) is 15.9 Å². The molecule has 0 aliphatic heterocycles. The lowest BCUT2D eigenvalue weighted by Crippen LogP contribution is -2.14. The van der Waals surface area contributed by atoms with Crippen molar-refractivity contribution in [3.63, 3.8) is 0 Å². The van der Waals surface area contributed by atoms with E-state index >= 15 is 0 Å². The highest BCUT2D eigenvalue weighted by atomic mass is 79.9. The quantitative estimate of drug-likeness (QED) is 0.275. The maximum atomic E-state index is 12.0. The summed E-state index contributed by atoms with van der Waals surface area (Å²) < 4.78 is 16.0. The number of carbonyl (C=O) groups is 1. The van der Waals surface area contributed by atoms with E-state index in [1.165, 1.54) is 6.07 Å². The van der Waals surface area contributed by atoms with Crippen molar-refractivity contribution in [3.8, 4) is 5.75 Å². The smallest absolute Gasteiger partial charge is 0.339 e. The van der Waals surface area contributed by atoms with Crippen molar-refractivity contribution in [2.45, 2.75) is 13.8 Å². The number of ether oxygens (including phenoxy) is 3. The highest BCUT2D eigenvalue weighted by molar-refractivity contribution is 9.10. The second-order valence-corrected chi connectivity index (χ2v) is 6.15. The van der Waals surface area contributed by atoms with Crippen LogP contribution in [0.15, 0.2) is 16.6 Å². The molecule has 1 rings (SSSR count). The summed E-state index contributed by atoms with van der Waals surface area (Å²) in [5.74, 6) is -0.418. The standard InChI is InChI=1S/C15H21BrN2O6/c1-10(2)9-24-15(19)11-7-13(18(20)21)14(8-12(11)16)23-6-5-22-4-3-17/h7-8,10H,3-6,9,17H2,1-2H3. The first-order valence-electron chi connectivity index (χ1n) is 7.42. The van der Waals surface area contributed by atoms with Crippen molar-refractivity contribution >= 4 is 27.6 Å². The molecular weight excluding hydrogens is 384 g/mol. The molecule has 0 atom stereocenters. The molecule has 0 aliphatic carbocycles. The van der Waals surface area contributed by atoms with Gasteiger partial charge in [0, 0.05) is 23.2 Å². The van der Waals surface area contributed by atoms with Gasteiger partial charge in [0.2, 0.25) is 0 Å². The molecule has 0 aliphatic rings. The van der Waals surface area contributed by atoms with Crippen LogP contribution < -0.4 is 10.5 Å². The van der Waals surface area contributed by atoms with Gasteiger partial charge >= 0.3 is 11.7 Å². The molecule has 9 heteroatoms. The number of carbonyl (C=O) groups excluding carboxylic acids is 1. The predicted molar refractivity (Wildman–Crippen MR) is 91.3 cm³/mol. The van der Waals surface area contributed by atoms with Crippen molar-refractivity contribution in [1.82, 2.24) is 0 Å². The highest BCUT2D eigenvalue weighted by Gasteiger charge is 2.23. The van der Waals surface area contributed by atoms with E-state index < -0.39 is 10.9 Å². The zero-order chi connectivity index (χ0) is 18.1. The summed E-state index contributed by atoms with van der Waals surface area (Å²) in [5, 5.41) is 11.2. The molecule has 134 valence electrons. The van der Waals surface area contributed by atoms with Gasteiger partial charge in [-0.05, 0) is 21.8 Å². The molecule has 0 unspecified atom stereocenters. The van der Waals surface area contributed by atoms with Gasteiger partial charge < -0.3 is 19.9 Å². The molecular formula is C15H21BrN2O6. The van der Waals surface area contributed by atoms with Crippen LogP contribution in [0.3, 0.4) is 0 Å². The summed E-state index contributed by atoms with van der Waals surface area (Å²) in [6.07, 6.45) is 0. The number of rotatable bonds is 10. The summed E-state index contributed by atoms with van der Waals surface area (Å²) in [4.78, 5) is 22.7. The van der Waals surface area contributed by atoms with E-state index in [1.807, 2.05) is 13.8 Å². The largest absolute Gasteiger partial charge is 0.484 e. The van der Waals surface area contributed by atoms with Gasteiger partial charge in [-0.25, -0.2) is 4.79 Å². The monoisotopic (exact) mass is 404 g/mol. The van der Waals surface area contributed by atoms with Crippen molar-refractivity contribution < 1.29 is 23.9 Å². The number of hydrogen-bond acceptors (Lipinski definition) is 7. The first-order chi connectivity index (χ1) is 11.4. The molecule has 2 N–H and O–H groups in total. The fourth-order valence-corrected chi connectivity index (χ4v) is 2.16. The zero-order valence-corrected chi connectivity index (χ0v) is 15.2. The molecule has 0 radical (unpaired) electrons. The van der Waals surface area contributed by atoms with Gasteiger partial charge in [-0.3, -0.25) is 10.1 Å². The number of nitrogens with two attached hydrogens (primary N) is 1. The molecule has 0 amide bonds. The van der Waals surface area contributed by atoms with Gasteiger partial charge in [0.1, 0.15) is 6.61 Å². The maximum absolute atomic E-state index is 12.0. The molecule has 0 bridgehead atoms. The molecule has 0 saturated heterocycles. The van der Waals surface area contributed by atoms with Crippen LogP contribution in [0.1, 0.15) is 24.2 Å². The lowest BCUT2D eigenvalue weighted by atomic mass is 10.2. The second kappa shape index (κ2) is 10.2. The molecule has 1 aromatic carbocycles. The third-order valence-corrected chi connectivity index (χ3v) is 3.42. The van der Waals surface area contributed by atoms with E-state index in [0.29, 0.717) is 17.6 Å². The number of nitro groups is 1. The van der Waals surface area contributed by atoms with Gasteiger partial charge in [0.05, 0.1) is 30.3 Å². The molecule has 0 heterocycles. The summed E-state index contributed by atoms with van der Waals surface area (Å²) in [6, 6.07) is 2.52. The van der Waals surface area contributed by atoms with Gasteiger partial charge in [0.25, 0.3) is 0 Å². The third kappa shape index (κ3) is 6.42. The molecule has 0 fully saturated rings. The second-order valence-electron chi connectivity index (χ2n) is 5.30. The van der Waals surface area contributed by atoms with Gasteiger partial charge in [-0.15, -0.1) is 0 Å². The molecule has 0 spiro atoms. The van der Waals surface area contributed by atoms with Crippen molar-refractivity contribution in [2.75, 3.05) is 33.0 Å². The Bertz CT molecular complexity index is 579. The van der Waals surface area contributed by atoms with Crippen LogP contribution >= 0.6 is 15.9 Å². The van der Waals surface area contributed by atoms with E-state index in [1.54, 1.807) is 0 Å². The number of esters is 1.